The molecule has 0 saturated carbocycles. The molecule has 1 aromatic heterocycles. The van der Waals surface area contributed by atoms with Crippen LogP contribution in [0.25, 0.3) is 22.4 Å². The highest BCUT2D eigenvalue weighted by molar-refractivity contribution is 6.30. The molecule has 1 heterocycles. The van der Waals surface area contributed by atoms with Crippen molar-refractivity contribution >= 4 is 17.5 Å². The van der Waals surface area contributed by atoms with Gasteiger partial charge in [-0.3, -0.25) is 9.59 Å². The number of rotatable bonds is 8. The van der Waals surface area contributed by atoms with Gasteiger partial charge in [0, 0.05) is 28.8 Å². The van der Waals surface area contributed by atoms with Crippen LogP contribution in [0.4, 0.5) is 0 Å². The highest BCUT2D eigenvalue weighted by Gasteiger charge is 2.09. The van der Waals surface area contributed by atoms with E-state index in [1.54, 1.807) is 18.2 Å². The summed E-state index contributed by atoms with van der Waals surface area (Å²) in [4.78, 5) is 24.5. The summed E-state index contributed by atoms with van der Waals surface area (Å²) < 4.78 is 7.09. The van der Waals surface area contributed by atoms with Crippen molar-refractivity contribution < 1.29 is 9.53 Å². The molecular weight excluding hydrogens is 438 g/mol. The predicted molar refractivity (Wildman–Crippen MR) is 129 cm³/mol. The molecule has 0 aliphatic rings. The Morgan fingerprint density at radius 2 is 1.61 bits per heavy atom. The van der Waals surface area contributed by atoms with Crippen LogP contribution in [0.2, 0.25) is 5.02 Å². The number of para-hydroxylation sites is 1. The number of aromatic nitrogens is 2. The number of hydrogen-bond acceptors (Lipinski definition) is 4. The predicted octanol–water partition coefficient (Wildman–Crippen LogP) is 4.43. The zero-order valence-electron chi connectivity index (χ0n) is 17.8. The summed E-state index contributed by atoms with van der Waals surface area (Å²) in [6.07, 6.45) is 0. The van der Waals surface area contributed by atoms with Crippen LogP contribution in [-0.2, 0) is 11.3 Å². The SMILES string of the molecule is O=C(COc1ccccc1-c1ccccc1)NCCn1nc(-c2ccc(Cl)cc2)ccc1=O. The van der Waals surface area contributed by atoms with Gasteiger partial charge in [0.25, 0.3) is 11.5 Å². The largest absolute Gasteiger partial charge is 0.483 e. The van der Waals surface area contributed by atoms with Gasteiger partial charge in [0.15, 0.2) is 6.61 Å². The molecule has 0 aliphatic heterocycles. The number of carbonyl (C=O) groups is 1. The smallest absolute Gasteiger partial charge is 0.266 e. The van der Waals surface area contributed by atoms with Crippen molar-refractivity contribution in [1.82, 2.24) is 15.1 Å². The normalized spacial score (nSPS) is 10.6. The van der Waals surface area contributed by atoms with Crippen LogP contribution in [0.15, 0.2) is 95.8 Å². The van der Waals surface area contributed by atoms with Crippen LogP contribution in [0.3, 0.4) is 0 Å². The molecule has 4 rings (SSSR count). The van der Waals surface area contributed by atoms with Crippen molar-refractivity contribution in [2.45, 2.75) is 6.54 Å². The number of nitrogens with zero attached hydrogens (tertiary/aromatic N) is 2. The fourth-order valence-corrected chi connectivity index (χ4v) is 3.45. The quantitative estimate of drug-likeness (QED) is 0.423. The number of hydrogen-bond donors (Lipinski definition) is 1. The Morgan fingerprint density at radius 1 is 0.879 bits per heavy atom. The van der Waals surface area contributed by atoms with Gasteiger partial charge < -0.3 is 10.1 Å². The number of amides is 1. The van der Waals surface area contributed by atoms with E-state index in [-0.39, 0.29) is 31.2 Å². The molecule has 0 bridgehead atoms. The number of carbonyl (C=O) groups excluding carboxylic acids is 1. The third-order valence-corrected chi connectivity index (χ3v) is 5.23. The molecule has 0 saturated heterocycles. The second-order valence-corrected chi connectivity index (χ2v) is 7.72. The standard InChI is InChI=1S/C26H22ClN3O3/c27-21-12-10-20(11-13-21)23-14-15-26(32)30(29-23)17-16-28-25(31)18-33-24-9-5-4-8-22(24)19-6-2-1-3-7-19/h1-15H,16-18H2,(H,28,31). The van der Waals surface area contributed by atoms with Crippen molar-refractivity contribution in [2.24, 2.45) is 0 Å². The van der Waals surface area contributed by atoms with Gasteiger partial charge in [0.2, 0.25) is 0 Å². The number of halogens is 1. The lowest BCUT2D eigenvalue weighted by Crippen LogP contribution is -2.34. The molecule has 0 aliphatic carbocycles. The molecule has 7 heteroatoms. The Labute approximate surface area is 196 Å². The Bertz CT molecular complexity index is 1290. The van der Waals surface area contributed by atoms with Crippen LogP contribution >= 0.6 is 11.6 Å². The molecule has 0 atom stereocenters. The van der Waals surface area contributed by atoms with Gasteiger partial charge in [-0.15, -0.1) is 0 Å². The van der Waals surface area contributed by atoms with Crippen molar-refractivity contribution in [3.63, 3.8) is 0 Å². The molecule has 0 unspecified atom stereocenters. The first-order chi connectivity index (χ1) is 16.1. The van der Waals surface area contributed by atoms with E-state index in [9.17, 15) is 9.59 Å². The minimum Gasteiger partial charge on any atom is -0.483 e. The summed E-state index contributed by atoms with van der Waals surface area (Å²) in [5.74, 6) is 0.354. The average Bonchev–Trinajstić information content (AvgIpc) is 2.85. The van der Waals surface area contributed by atoms with E-state index in [2.05, 4.69) is 10.4 Å². The minimum atomic E-state index is -0.278. The van der Waals surface area contributed by atoms with Crippen molar-refractivity contribution in [3.8, 4) is 28.1 Å². The Balaban J connectivity index is 1.33. The van der Waals surface area contributed by atoms with E-state index in [1.807, 2.05) is 66.7 Å². The fourth-order valence-electron chi connectivity index (χ4n) is 3.33. The summed E-state index contributed by atoms with van der Waals surface area (Å²) >= 11 is 5.93. The van der Waals surface area contributed by atoms with Crippen LogP contribution in [0.1, 0.15) is 0 Å². The molecule has 0 radical (unpaired) electrons. The molecule has 166 valence electrons. The maximum absolute atomic E-state index is 12.3. The highest BCUT2D eigenvalue weighted by atomic mass is 35.5. The molecule has 1 amide bonds. The topological polar surface area (TPSA) is 73.2 Å². The molecule has 4 aromatic rings. The van der Waals surface area contributed by atoms with Crippen LogP contribution in [0, 0.1) is 0 Å². The first-order valence-corrected chi connectivity index (χ1v) is 10.9. The van der Waals surface area contributed by atoms with Gasteiger partial charge in [0.1, 0.15) is 5.75 Å². The number of benzene rings is 3. The summed E-state index contributed by atoms with van der Waals surface area (Å²) in [5, 5.41) is 7.79. The Kier molecular flexibility index (Phi) is 7.17. The van der Waals surface area contributed by atoms with Crippen molar-refractivity contribution in [1.29, 1.82) is 0 Å². The summed E-state index contributed by atoms with van der Waals surface area (Å²) in [5.41, 5.74) is 3.19. The molecule has 1 N–H and O–H groups in total. The van der Waals surface area contributed by atoms with Crippen LogP contribution in [-0.4, -0.2) is 28.8 Å². The zero-order chi connectivity index (χ0) is 23.0. The van der Waals surface area contributed by atoms with Crippen LogP contribution in [0.5, 0.6) is 5.75 Å². The second-order valence-electron chi connectivity index (χ2n) is 7.29. The first kappa shape index (κ1) is 22.3. The monoisotopic (exact) mass is 459 g/mol. The molecule has 0 spiro atoms. The van der Waals surface area contributed by atoms with E-state index in [0.717, 1.165) is 16.7 Å². The summed E-state index contributed by atoms with van der Waals surface area (Å²) in [6.45, 7) is 0.364. The average molecular weight is 460 g/mol. The molecule has 33 heavy (non-hydrogen) atoms. The maximum Gasteiger partial charge on any atom is 0.266 e. The second kappa shape index (κ2) is 10.6. The van der Waals surface area contributed by atoms with Gasteiger partial charge in [-0.05, 0) is 29.8 Å². The van der Waals surface area contributed by atoms with Gasteiger partial charge in [0.05, 0.1) is 12.2 Å². The fraction of sp³-hybridized carbons (Fsp3) is 0.115. The lowest BCUT2D eigenvalue weighted by Gasteiger charge is -2.12. The lowest BCUT2D eigenvalue weighted by molar-refractivity contribution is -0.123. The third-order valence-electron chi connectivity index (χ3n) is 4.98. The summed E-state index contributed by atoms with van der Waals surface area (Å²) in [6, 6.07) is 27.8. The van der Waals surface area contributed by atoms with Crippen LogP contribution < -0.4 is 15.6 Å². The highest BCUT2D eigenvalue weighted by Crippen LogP contribution is 2.29. The number of nitrogens with one attached hydrogen (secondary N) is 1. The first-order valence-electron chi connectivity index (χ1n) is 10.5. The number of ether oxygens (including phenoxy) is 1. The molecule has 0 fully saturated rings. The maximum atomic E-state index is 12.3. The van der Waals surface area contributed by atoms with E-state index >= 15 is 0 Å². The summed E-state index contributed by atoms with van der Waals surface area (Å²) in [7, 11) is 0. The third kappa shape index (κ3) is 5.87. The van der Waals surface area contributed by atoms with E-state index < -0.39 is 0 Å². The lowest BCUT2D eigenvalue weighted by atomic mass is 10.1. The molecular formula is C26H22ClN3O3. The van der Waals surface area contributed by atoms with Gasteiger partial charge in [-0.25, -0.2) is 4.68 Å². The zero-order valence-corrected chi connectivity index (χ0v) is 18.5. The Hall–Kier alpha value is -3.90. The van der Waals surface area contributed by atoms with Crippen molar-refractivity contribution in [2.75, 3.05) is 13.2 Å². The van der Waals surface area contributed by atoms with Gasteiger partial charge in [-0.2, -0.15) is 5.10 Å². The Morgan fingerprint density at radius 3 is 2.39 bits per heavy atom. The van der Waals surface area contributed by atoms with E-state index in [1.165, 1.54) is 10.7 Å². The van der Waals surface area contributed by atoms with E-state index in [0.29, 0.717) is 16.5 Å². The minimum absolute atomic E-state index is 0.128. The molecule has 6 nitrogen and oxygen atoms in total. The molecule has 3 aromatic carbocycles. The van der Waals surface area contributed by atoms with Gasteiger partial charge >= 0.3 is 0 Å². The van der Waals surface area contributed by atoms with E-state index in [4.69, 9.17) is 16.3 Å². The van der Waals surface area contributed by atoms with Gasteiger partial charge in [-0.1, -0.05) is 72.3 Å². The van der Waals surface area contributed by atoms with Crippen molar-refractivity contribution in [3.05, 3.63) is 106 Å².